The molecular formula is C20H29N3O4. The van der Waals surface area contributed by atoms with Gasteiger partial charge in [0.25, 0.3) is 0 Å². The number of anilines is 1. The minimum absolute atomic E-state index is 0.0122. The molecule has 2 aliphatic heterocycles. The Morgan fingerprint density at radius 2 is 2.11 bits per heavy atom. The summed E-state index contributed by atoms with van der Waals surface area (Å²) in [6, 6.07) is 1.79. The van der Waals surface area contributed by atoms with E-state index >= 15 is 0 Å². The molecule has 1 N–H and O–H groups in total. The van der Waals surface area contributed by atoms with Gasteiger partial charge in [0.05, 0.1) is 5.56 Å². The van der Waals surface area contributed by atoms with Crippen molar-refractivity contribution in [1.29, 1.82) is 0 Å². The zero-order chi connectivity index (χ0) is 19.4. The zero-order valence-electron chi connectivity index (χ0n) is 16.4. The predicted molar refractivity (Wildman–Crippen MR) is 102 cm³/mol. The van der Waals surface area contributed by atoms with E-state index in [1.54, 1.807) is 12.3 Å². The Kier molecular flexibility index (Phi) is 5.87. The number of rotatable bonds is 5. The second-order valence-corrected chi connectivity index (χ2v) is 8.26. The van der Waals surface area contributed by atoms with Gasteiger partial charge < -0.3 is 19.7 Å². The molecule has 0 bridgehead atoms. The van der Waals surface area contributed by atoms with Crippen LogP contribution in [0.3, 0.4) is 0 Å². The molecule has 1 fully saturated rings. The molecular weight excluding hydrogens is 346 g/mol. The maximum absolute atomic E-state index is 12.1. The van der Waals surface area contributed by atoms with Gasteiger partial charge in [-0.1, -0.05) is 0 Å². The molecule has 3 rings (SSSR count). The van der Waals surface area contributed by atoms with Crippen molar-refractivity contribution in [3.63, 3.8) is 0 Å². The van der Waals surface area contributed by atoms with Crippen LogP contribution in [0.1, 0.15) is 56.8 Å². The monoisotopic (exact) mass is 375 g/mol. The number of nitrogens with zero attached hydrogens (tertiary/aromatic N) is 2. The minimum Gasteiger partial charge on any atom is -0.484 e. The quantitative estimate of drug-likeness (QED) is 0.794. The molecule has 0 aromatic carbocycles. The van der Waals surface area contributed by atoms with E-state index in [1.807, 2.05) is 25.7 Å². The number of nitrogens with one attached hydrogen (secondary N) is 1. The summed E-state index contributed by atoms with van der Waals surface area (Å²) >= 11 is 0. The van der Waals surface area contributed by atoms with Crippen molar-refractivity contribution >= 4 is 17.7 Å². The summed E-state index contributed by atoms with van der Waals surface area (Å²) < 4.78 is 10.8. The summed E-state index contributed by atoms with van der Waals surface area (Å²) in [5.41, 5.74) is 0.126. The normalized spacial score (nSPS) is 17.4. The number of aromatic nitrogens is 1. The Morgan fingerprint density at radius 1 is 1.37 bits per heavy atom. The molecule has 0 radical (unpaired) electrons. The van der Waals surface area contributed by atoms with Crippen LogP contribution in [0, 0.1) is 5.92 Å². The number of pyridine rings is 1. The third-order valence-corrected chi connectivity index (χ3v) is 4.89. The third kappa shape index (κ3) is 5.34. The minimum atomic E-state index is -0.441. The van der Waals surface area contributed by atoms with Crippen LogP contribution < -0.4 is 10.1 Å². The van der Waals surface area contributed by atoms with E-state index in [-0.39, 0.29) is 18.5 Å². The van der Waals surface area contributed by atoms with Gasteiger partial charge in [0.1, 0.15) is 17.2 Å². The highest BCUT2D eigenvalue weighted by Gasteiger charge is 2.26. The van der Waals surface area contributed by atoms with Crippen LogP contribution in [0.15, 0.2) is 12.3 Å². The van der Waals surface area contributed by atoms with E-state index in [4.69, 9.17) is 9.47 Å². The van der Waals surface area contributed by atoms with E-state index in [1.165, 1.54) is 0 Å². The fourth-order valence-electron chi connectivity index (χ4n) is 3.42. The average Bonchev–Trinajstić information content (AvgIpc) is 2.98. The molecule has 1 aromatic rings. The number of ether oxygens (including phenoxy) is 2. The molecule has 3 heterocycles. The van der Waals surface area contributed by atoms with Crippen LogP contribution in [0.25, 0.3) is 0 Å². The second kappa shape index (κ2) is 8.15. The molecule has 0 unspecified atom stereocenters. The van der Waals surface area contributed by atoms with Crippen molar-refractivity contribution in [1.82, 2.24) is 9.88 Å². The molecule has 1 saturated heterocycles. The molecule has 0 spiro atoms. The van der Waals surface area contributed by atoms with Gasteiger partial charge in [0, 0.05) is 31.9 Å². The number of hydrogen-bond acceptors (Lipinski definition) is 6. The van der Waals surface area contributed by atoms with E-state index in [0.29, 0.717) is 17.2 Å². The first-order valence-corrected chi connectivity index (χ1v) is 9.70. The van der Waals surface area contributed by atoms with Gasteiger partial charge in [-0.05, 0) is 52.4 Å². The molecule has 2 aliphatic rings. The maximum Gasteiger partial charge on any atom is 0.410 e. The van der Waals surface area contributed by atoms with Crippen molar-refractivity contribution < 1.29 is 19.1 Å². The average molecular weight is 375 g/mol. The number of hydrogen-bond donors (Lipinski definition) is 1. The Bertz CT molecular complexity index is 691. The van der Waals surface area contributed by atoms with Crippen molar-refractivity contribution in [2.45, 2.75) is 52.1 Å². The molecule has 0 aliphatic carbocycles. The lowest BCUT2D eigenvalue weighted by Gasteiger charge is -2.33. The van der Waals surface area contributed by atoms with Crippen molar-refractivity contribution in [2.24, 2.45) is 5.92 Å². The molecule has 1 amide bonds. The fourth-order valence-corrected chi connectivity index (χ4v) is 3.42. The number of fused-ring (bicyclic) bond motifs is 1. The Hall–Kier alpha value is -2.31. The van der Waals surface area contributed by atoms with E-state index < -0.39 is 5.60 Å². The van der Waals surface area contributed by atoms with Crippen molar-refractivity contribution in [3.8, 4) is 5.75 Å². The number of Topliss-reactive ketones (excluding diaryl/α,β-unsaturated/α-hetero) is 1. The first-order chi connectivity index (χ1) is 12.8. The summed E-state index contributed by atoms with van der Waals surface area (Å²) in [5.74, 6) is 1.98. The van der Waals surface area contributed by atoms with Gasteiger partial charge in [0.2, 0.25) is 5.78 Å². The Labute approximate surface area is 160 Å². The summed E-state index contributed by atoms with van der Waals surface area (Å²) in [6.45, 7) is 8.16. The fraction of sp³-hybridized carbons (Fsp3) is 0.650. The highest BCUT2D eigenvalue weighted by atomic mass is 16.6. The van der Waals surface area contributed by atoms with Crippen LogP contribution in [-0.4, -0.2) is 53.6 Å². The van der Waals surface area contributed by atoms with Gasteiger partial charge in [-0.2, -0.15) is 0 Å². The standard InChI is InChI=1S/C20H29N3O4/c1-20(2,3)27-19(25)23-9-6-14(7-10-23)5-4-8-21-18-11-17-15(12-22-18)16(24)13-26-17/h11-12,14H,4-10,13H2,1-3H3,(H,21,22). The lowest BCUT2D eigenvalue weighted by Crippen LogP contribution is -2.41. The van der Waals surface area contributed by atoms with Gasteiger partial charge in [0.15, 0.2) is 6.61 Å². The Morgan fingerprint density at radius 3 is 2.81 bits per heavy atom. The third-order valence-electron chi connectivity index (χ3n) is 4.89. The van der Waals surface area contributed by atoms with Gasteiger partial charge >= 0.3 is 6.09 Å². The molecule has 27 heavy (non-hydrogen) atoms. The van der Waals surface area contributed by atoms with E-state index in [0.717, 1.165) is 51.1 Å². The number of carbonyl (C=O) groups is 2. The summed E-state index contributed by atoms with van der Waals surface area (Å²) in [4.78, 5) is 29.7. The van der Waals surface area contributed by atoms with Gasteiger partial charge in [-0.3, -0.25) is 4.79 Å². The van der Waals surface area contributed by atoms with Crippen LogP contribution in [0.5, 0.6) is 5.75 Å². The van der Waals surface area contributed by atoms with Gasteiger partial charge in [-0.15, -0.1) is 0 Å². The SMILES string of the molecule is CC(C)(C)OC(=O)N1CCC(CCCNc2cc3c(cn2)C(=O)CO3)CC1. The lowest BCUT2D eigenvalue weighted by molar-refractivity contribution is 0.0181. The van der Waals surface area contributed by atoms with Crippen molar-refractivity contribution in [2.75, 3.05) is 31.6 Å². The summed E-state index contributed by atoms with van der Waals surface area (Å²) in [5, 5.41) is 3.29. The van der Waals surface area contributed by atoms with Crippen LogP contribution in [0.4, 0.5) is 10.6 Å². The molecule has 1 aromatic heterocycles. The molecule has 0 saturated carbocycles. The zero-order valence-corrected chi connectivity index (χ0v) is 16.4. The van der Waals surface area contributed by atoms with Crippen LogP contribution in [0.2, 0.25) is 0 Å². The number of piperidine rings is 1. The van der Waals surface area contributed by atoms with Crippen molar-refractivity contribution in [3.05, 3.63) is 17.8 Å². The first-order valence-electron chi connectivity index (χ1n) is 9.70. The topological polar surface area (TPSA) is 80.8 Å². The highest BCUT2D eigenvalue weighted by molar-refractivity contribution is 6.02. The molecule has 7 nitrogen and oxygen atoms in total. The summed E-state index contributed by atoms with van der Waals surface area (Å²) in [6.07, 6.45) is 5.58. The molecule has 148 valence electrons. The van der Waals surface area contributed by atoms with E-state index in [9.17, 15) is 9.59 Å². The number of carbonyl (C=O) groups excluding carboxylic acids is 2. The number of amides is 1. The highest BCUT2D eigenvalue weighted by Crippen LogP contribution is 2.27. The first kappa shape index (κ1) is 19.5. The maximum atomic E-state index is 12.1. The van der Waals surface area contributed by atoms with Crippen LogP contribution >= 0.6 is 0 Å². The second-order valence-electron chi connectivity index (χ2n) is 8.26. The smallest absolute Gasteiger partial charge is 0.410 e. The Balaban J connectivity index is 1.34. The number of likely N-dealkylation sites (tertiary alicyclic amines) is 1. The molecule has 7 heteroatoms. The molecule has 0 atom stereocenters. The van der Waals surface area contributed by atoms with Crippen LogP contribution in [-0.2, 0) is 4.74 Å². The summed E-state index contributed by atoms with van der Waals surface area (Å²) in [7, 11) is 0. The lowest BCUT2D eigenvalue weighted by atomic mass is 9.92. The van der Waals surface area contributed by atoms with Gasteiger partial charge in [-0.25, -0.2) is 9.78 Å². The largest absolute Gasteiger partial charge is 0.484 e. The van der Waals surface area contributed by atoms with E-state index in [2.05, 4.69) is 10.3 Å². The predicted octanol–water partition coefficient (Wildman–Crippen LogP) is 3.50. The number of ketones is 1.